The summed E-state index contributed by atoms with van der Waals surface area (Å²) in [5.74, 6) is 1.69. The quantitative estimate of drug-likeness (QED) is 0.579. The molecule has 1 aromatic heterocycles. The molecule has 0 amide bonds. The third kappa shape index (κ3) is 5.56. The molecule has 0 radical (unpaired) electrons. The molecule has 0 aliphatic carbocycles. The van der Waals surface area contributed by atoms with Gasteiger partial charge in [-0.25, -0.2) is 9.98 Å². The Morgan fingerprint density at radius 1 is 1.33 bits per heavy atom. The van der Waals surface area contributed by atoms with Gasteiger partial charge in [0.05, 0.1) is 26.4 Å². The van der Waals surface area contributed by atoms with E-state index in [0.717, 1.165) is 63.9 Å². The first-order valence-electron chi connectivity index (χ1n) is 10.2. The summed E-state index contributed by atoms with van der Waals surface area (Å²) in [6.45, 7) is 12.2. The van der Waals surface area contributed by atoms with Crippen LogP contribution in [0.1, 0.15) is 32.3 Å². The van der Waals surface area contributed by atoms with Crippen molar-refractivity contribution < 1.29 is 9.47 Å². The Bertz CT molecular complexity index is 604. The fraction of sp³-hybridized carbons (Fsp3) is 0.700. The first-order chi connectivity index (χ1) is 13.3. The maximum Gasteiger partial charge on any atom is 0.218 e. The van der Waals surface area contributed by atoms with Crippen LogP contribution >= 0.6 is 0 Å². The Kier molecular flexibility index (Phi) is 7.71. The number of pyridine rings is 1. The van der Waals surface area contributed by atoms with Gasteiger partial charge in [0.25, 0.3) is 0 Å². The highest BCUT2D eigenvalue weighted by atomic mass is 16.5. The number of ether oxygens (including phenoxy) is 2. The summed E-state index contributed by atoms with van der Waals surface area (Å²) < 4.78 is 11.3. The van der Waals surface area contributed by atoms with Crippen LogP contribution in [0.5, 0.6) is 5.88 Å². The molecule has 7 heteroatoms. The number of likely N-dealkylation sites (tertiary alicyclic amines) is 1. The maximum atomic E-state index is 5.77. The Hall–Kier alpha value is -1.86. The van der Waals surface area contributed by atoms with Gasteiger partial charge in [-0.2, -0.15) is 0 Å². The molecule has 0 bridgehead atoms. The molecule has 0 spiro atoms. The SMILES string of the molecule is CCCOc1ncccc1CN=C(NCC)N1CCC(N2CCOCC2)C1. The number of aromatic nitrogens is 1. The zero-order valence-electron chi connectivity index (χ0n) is 16.7. The van der Waals surface area contributed by atoms with E-state index < -0.39 is 0 Å². The second kappa shape index (κ2) is 10.5. The first kappa shape index (κ1) is 19.9. The smallest absolute Gasteiger partial charge is 0.218 e. The van der Waals surface area contributed by atoms with Crippen molar-refractivity contribution in [2.75, 3.05) is 52.5 Å². The lowest BCUT2D eigenvalue weighted by Gasteiger charge is -2.32. The summed E-state index contributed by atoms with van der Waals surface area (Å²) in [5.41, 5.74) is 1.03. The molecule has 1 aromatic rings. The molecule has 2 aliphatic rings. The van der Waals surface area contributed by atoms with Crippen LogP contribution in [0.4, 0.5) is 0 Å². The van der Waals surface area contributed by atoms with Gasteiger partial charge in [0.1, 0.15) is 0 Å². The largest absolute Gasteiger partial charge is 0.477 e. The number of guanidine groups is 1. The molecule has 27 heavy (non-hydrogen) atoms. The van der Waals surface area contributed by atoms with Crippen LogP contribution in [0.25, 0.3) is 0 Å². The number of nitrogens with zero attached hydrogens (tertiary/aromatic N) is 4. The van der Waals surface area contributed by atoms with E-state index in [4.69, 9.17) is 14.5 Å². The second-order valence-corrected chi connectivity index (χ2v) is 7.02. The van der Waals surface area contributed by atoms with Crippen LogP contribution < -0.4 is 10.1 Å². The van der Waals surface area contributed by atoms with Gasteiger partial charge in [0.15, 0.2) is 5.96 Å². The van der Waals surface area contributed by atoms with Crippen molar-refractivity contribution in [3.05, 3.63) is 23.9 Å². The summed E-state index contributed by atoms with van der Waals surface area (Å²) in [4.78, 5) is 14.2. The molecule has 1 unspecified atom stereocenters. The molecule has 150 valence electrons. The number of morpholine rings is 1. The second-order valence-electron chi connectivity index (χ2n) is 7.02. The summed E-state index contributed by atoms with van der Waals surface area (Å²) in [6.07, 6.45) is 3.93. The minimum Gasteiger partial charge on any atom is -0.477 e. The Morgan fingerprint density at radius 2 is 2.19 bits per heavy atom. The van der Waals surface area contributed by atoms with Gasteiger partial charge in [-0.1, -0.05) is 13.0 Å². The van der Waals surface area contributed by atoms with Gasteiger partial charge in [-0.05, 0) is 25.8 Å². The Morgan fingerprint density at radius 3 is 2.96 bits per heavy atom. The number of hydrogen-bond acceptors (Lipinski definition) is 5. The molecule has 1 N–H and O–H groups in total. The molecular weight excluding hydrogens is 342 g/mol. The summed E-state index contributed by atoms with van der Waals surface area (Å²) in [6, 6.07) is 4.59. The van der Waals surface area contributed by atoms with Crippen molar-refractivity contribution in [2.45, 2.75) is 39.3 Å². The standard InChI is InChI=1S/C20H33N5O2/c1-3-12-27-19-17(6-5-8-22-19)15-23-20(21-4-2)25-9-7-18(16-25)24-10-13-26-14-11-24/h5-6,8,18H,3-4,7,9-16H2,1-2H3,(H,21,23). The number of nitrogens with one attached hydrogen (secondary N) is 1. The van der Waals surface area contributed by atoms with Crippen molar-refractivity contribution >= 4 is 5.96 Å². The van der Waals surface area contributed by atoms with Crippen molar-refractivity contribution in [3.8, 4) is 5.88 Å². The lowest BCUT2D eigenvalue weighted by Crippen LogP contribution is -2.46. The van der Waals surface area contributed by atoms with E-state index in [1.165, 1.54) is 6.42 Å². The Labute approximate surface area is 162 Å². The van der Waals surface area contributed by atoms with E-state index in [-0.39, 0.29) is 0 Å². The molecule has 1 atom stereocenters. The van der Waals surface area contributed by atoms with Crippen LogP contribution in [0.3, 0.4) is 0 Å². The molecular formula is C20H33N5O2. The highest BCUT2D eigenvalue weighted by molar-refractivity contribution is 5.80. The number of rotatable bonds is 7. The zero-order chi connectivity index (χ0) is 18.9. The highest BCUT2D eigenvalue weighted by Gasteiger charge is 2.30. The van der Waals surface area contributed by atoms with Gasteiger partial charge < -0.3 is 19.7 Å². The molecule has 3 rings (SSSR count). The van der Waals surface area contributed by atoms with Gasteiger partial charge in [0, 0.05) is 50.5 Å². The van der Waals surface area contributed by atoms with Crippen LogP contribution in [0.2, 0.25) is 0 Å². The molecule has 2 fully saturated rings. The van der Waals surface area contributed by atoms with Crippen molar-refractivity contribution in [1.29, 1.82) is 0 Å². The van der Waals surface area contributed by atoms with Gasteiger partial charge in [-0.3, -0.25) is 4.90 Å². The van der Waals surface area contributed by atoms with Crippen LogP contribution in [0.15, 0.2) is 23.3 Å². The van der Waals surface area contributed by atoms with Crippen LogP contribution in [-0.2, 0) is 11.3 Å². The van der Waals surface area contributed by atoms with Crippen molar-refractivity contribution in [1.82, 2.24) is 20.1 Å². The predicted molar refractivity (Wildman–Crippen MR) is 107 cm³/mol. The van der Waals surface area contributed by atoms with E-state index in [1.54, 1.807) is 6.20 Å². The van der Waals surface area contributed by atoms with E-state index in [2.05, 4.69) is 33.9 Å². The fourth-order valence-electron chi connectivity index (χ4n) is 3.63. The summed E-state index contributed by atoms with van der Waals surface area (Å²) in [5, 5.41) is 3.45. The van der Waals surface area contributed by atoms with E-state index >= 15 is 0 Å². The number of hydrogen-bond donors (Lipinski definition) is 1. The van der Waals surface area contributed by atoms with E-state index in [0.29, 0.717) is 25.1 Å². The third-order valence-electron chi connectivity index (χ3n) is 5.05. The van der Waals surface area contributed by atoms with E-state index in [1.807, 2.05) is 12.1 Å². The molecule has 7 nitrogen and oxygen atoms in total. The lowest BCUT2D eigenvalue weighted by molar-refractivity contribution is 0.0195. The minimum atomic E-state index is 0.577. The average molecular weight is 376 g/mol. The fourth-order valence-corrected chi connectivity index (χ4v) is 3.63. The monoisotopic (exact) mass is 375 g/mol. The first-order valence-corrected chi connectivity index (χ1v) is 10.2. The normalized spacial score (nSPS) is 21.5. The molecule has 0 aromatic carbocycles. The predicted octanol–water partition coefficient (Wildman–Crippen LogP) is 1.74. The zero-order valence-corrected chi connectivity index (χ0v) is 16.7. The van der Waals surface area contributed by atoms with E-state index in [9.17, 15) is 0 Å². The van der Waals surface area contributed by atoms with Gasteiger partial charge >= 0.3 is 0 Å². The van der Waals surface area contributed by atoms with Crippen molar-refractivity contribution in [3.63, 3.8) is 0 Å². The summed E-state index contributed by atoms with van der Waals surface area (Å²) in [7, 11) is 0. The van der Waals surface area contributed by atoms with Gasteiger partial charge in [-0.15, -0.1) is 0 Å². The minimum absolute atomic E-state index is 0.577. The lowest BCUT2D eigenvalue weighted by atomic mass is 10.2. The van der Waals surface area contributed by atoms with Crippen LogP contribution in [-0.4, -0.2) is 79.3 Å². The Balaban J connectivity index is 1.63. The average Bonchev–Trinajstić information content (AvgIpc) is 3.21. The topological polar surface area (TPSA) is 62.2 Å². The molecule has 0 saturated carbocycles. The molecule has 2 saturated heterocycles. The highest BCUT2D eigenvalue weighted by Crippen LogP contribution is 2.19. The van der Waals surface area contributed by atoms with Gasteiger partial charge in [0.2, 0.25) is 5.88 Å². The maximum absolute atomic E-state index is 5.77. The molecule has 3 heterocycles. The third-order valence-corrected chi connectivity index (χ3v) is 5.05. The summed E-state index contributed by atoms with van der Waals surface area (Å²) >= 11 is 0. The molecule has 2 aliphatic heterocycles. The van der Waals surface area contributed by atoms with Crippen LogP contribution in [0, 0.1) is 0 Å². The van der Waals surface area contributed by atoms with Crippen molar-refractivity contribution in [2.24, 2.45) is 4.99 Å². The number of aliphatic imine (C=N–C) groups is 1.